The maximum absolute atomic E-state index is 11.5. The van der Waals surface area contributed by atoms with Crippen LogP contribution in [0.3, 0.4) is 0 Å². The number of benzene rings is 1. The maximum atomic E-state index is 11.5. The van der Waals surface area contributed by atoms with Gasteiger partial charge >= 0.3 is 5.91 Å². The van der Waals surface area contributed by atoms with E-state index in [0.29, 0.717) is 0 Å². The number of anilines is 1. The van der Waals surface area contributed by atoms with Gasteiger partial charge in [0.15, 0.2) is 0 Å². The summed E-state index contributed by atoms with van der Waals surface area (Å²) in [5, 5.41) is 0. The van der Waals surface area contributed by atoms with Crippen molar-refractivity contribution in [3.63, 3.8) is 0 Å². The Morgan fingerprint density at radius 2 is 2.00 bits per heavy atom. The van der Waals surface area contributed by atoms with Crippen molar-refractivity contribution in [3.8, 4) is 0 Å². The van der Waals surface area contributed by atoms with Crippen LogP contribution >= 0.6 is 0 Å². The molecule has 0 spiro atoms. The van der Waals surface area contributed by atoms with E-state index < -0.39 is 24.2 Å². The number of carbonyl (C=O) groups is 3. The predicted molar refractivity (Wildman–Crippen MR) is 53.4 cm³/mol. The van der Waals surface area contributed by atoms with Gasteiger partial charge in [0.05, 0.1) is 11.3 Å². The molecule has 0 saturated carbocycles. The van der Waals surface area contributed by atoms with Crippen LogP contribution in [-0.2, 0) is 14.4 Å². The summed E-state index contributed by atoms with van der Waals surface area (Å²) in [5.41, 5.74) is 0.498. The molecule has 0 saturated heterocycles. The summed E-state index contributed by atoms with van der Waals surface area (Å²) >= 11 is 0. The minimum Gasteiger partial charge on any atom is -0.295 e. The molecular formula is C10H8N2O4. The first-order chi connectivity index (χ1) is 7.66. The summed E-state index contributed by atoms with van der Waals surface area (Å²) in [6, 6.07) is 6.27. The summed E-state index contributed by atoms with van der Waals surface area (Å²) in [4.78, 5) is 39.5. The molecule has 0 atom stereocenters. The fourth-order valence-corrected chi connectivity index (χ4v) is 1.57. The number of Topliss-reactive ketones (excluding diaryl/α,β-unsaturated/α-hetero) is 1. The third-order valence-corrected chi connectivity index (χ3v) is 2.24. The Balaban J connectivity index is 2.45. The second-order valence-corrected chi connectivity index (χ2v) is 3.19. The highest BCUT2D eigenvalue weighted by Gasteiger charge is 2.39. The largest absolute Gasteiger partial charge is 0.306 e. The lowest BCUT2D eigenvalue weighted by Gasteiger charge is -2.12. The van der Waals surface area contributed by atoms with Gasteiger partial charge in [-0.15, -0.1) is 0 Å². The molecule has 2 N–H and O–H groups in total. The number of rotatable bonds is 2. The number of carbonyl (C=O) groups excluding carboxylic acids is 3. The van der Waals surface area contributed by atoms with E-state index >= 15 is 0 Å². The van der Waals surface area contributed by atoms with Crippen LogP contribution in [0.5, 0.6) is 0 Å². The maximum Gasteiger partial charge on any atom is 0.306 e. The lowest BCUT2D eigenvalue weighted by Crippen LogP contribution is -2.38. The Hall–Kier alpha value is -2.05. The summed E-state index contributed by atoms with van der Waals surface area (Å²) in [6.07, 6.45) is 0. The molecule has 1 aliphatic rings. The molecule has 0 radical (unpaired) electrons. The lowest BCUT2D eigenvalue weighted by atomic mass is 10.1. The predicted octanol–water partition coefficient (Wildman–Crippen LogP) is -0.367. The highest BCUT2D eigenvalue weighted by Crippen LogP contribution is 2.28. The van der Waals surface area contributed by atoms with Crippen LogP contribution in [0.15, 0.2) is 24.3 Å². The summed E-state index contributed by atoms with van der Waals surface area (Å²) in [7, 11) is 0. The first kappa shape index (κ1) is 10.5. The first-order valence-electron chi connectivity index (χ1n) is 4.49. The normalized spacial score (nSPS) is 14.2. The number of para-hydroxylation sites is 1. The smallest absolute Gasteiger partial charge is 0.295 e. The molecule has 0 unspecified atom stereocenters. The number of fused-ring (bicyclic) bond motifs is 1. The van der Waals surface area contributed by atoms with Crippen molar-refractivity contribution in [3.05, 3.63) is 29.8 Å². The number of ketones is 1. The van der Waals surface area contributed by atoms with Crippen LogP contribution in [0, 0.1) is 0 Å². The van der Waals surface area contributed by atoms with E-state index in [2.05, 4.69) is 4.84 Å². The third kappa shape index (κ3) is 1.40. The average molecular weight is 220 g/mol. The molecule has 6 heteroatoms. The molecule has 1 aromatic rings. The van der Waals surface area contributed by atoms with E-state index in [4.69, 9.17) is 5.90 Å². The Labute approximate surface area is 90.5 Å². The van der Waals surface area contributed by atoms with Crippen molar-refractivity contribution in [2.45, 2.75) is 0 Å². The molecular weight excluding hydrogens is 212 g/mol. The van der Waals surface area contributed by atoms with Crippen LogP contribution in [0.2, 0.25) is 0 Å². The van der Waals surface area contributed by atoms with E-state index in [1.54, 1.807) is 12.1 Å². The van der Waals surface area contributed by atoms with Gasteiger partial charge in [-0.05, 0) is 12.1 Å². The second kappa shape index (κ2) is 3.84. The fourth-order valence-electron chi connectivity index (χ4n) is 1.57. The summed E-state index contributed by atoms with van der Waals surface area (Å²) < 4.78 is 0. The van der Waals surface area contributed by atoms with Crippen LogP contribution < -0.4 is 10.8 Å². The number of hydrogen-bond acceptors (Lipinski definition) is 5. The van der Waals surface area contributed by atoms with Crippen molar-refractivity contribution in [2.24, 2.45) is 5.90 Å². The standard InChI is InChI=1S/C10H8N2O4/c11-16-5-8(13)12-7-4-2-1-3-6(7)9(14)10(12)15/h1-4H,5,11H2. The topological polar surface area (TPSA) is 89.7 Å². The van der Waals surface area contributed by atoms with Crippen molar-refractivity contribution >= 4 is 23.3 Å². The number of imide groups is 1. The van der Waals surface area contributed by atoms with Gasteiger partial charge in [0.25, 0.3) is 11.7 Å². The zero-order valence-electron chi connectivity index (χ0n) is 8.17. The molecule has 1 heterocycles. The molecule has 0 bridgehead atoms. The summed E-state index contributed by atoms with van der Waals surface area (Å²) in [6.45, 7) is -0.451. The van der Waals surface area contributed by atoms with Gasteiger partial charge in [0, 0.05) is 0 Å². The number of nitrogens with zero attached hydrogens (tertiary/aromatic N) is 1. The van der Waals surface area contributed by atoms with Crippen molar-refractivity contribution < 1.29 is 19.2 Å². The zero-order valence-corrected chi connectivity index (χ0v) is 8.17. The SMILES string of the molecule is NOCC(=O)N1C(=O)C(=O)c2ccccc21. The molecule has 1 aromatic carbocycles. The Kier molecular flexibility index (Phi) is 2.51. The summed E-state index contributed by atoms with van der Waals surface area (Å²) in [5.74, 6) is 2.53. The Bertz CT molecular complexity index is 483. The van der Waals surface area contributed by atoms with E-state index in [1.807, 2.05) is 0 Å². The van der Waals surface area contributed by atoms with E-state index in [-0.39, 0.29) is 11.3 Å². The molecule has 2 amide bonds. The zero-order chi connectivity index (χ0) is 11.7. The van der Waals surface area contributed by atoms with Crippen LogP contribution in [0.4, 0.5) is 5.69 Å². The molecule has 0 aromatic heterocycles. The van der Waals surface area contributed by atoms with Crippen LogP contribution in [-0.4, -0.2) is 24.2 Å². The van der Waals surface area contributed by atoms with Crippen LogP contribution in [0.1, 0.15) is 10.4 Å². The first-order valence-corrected chi connectivity index (χ1v) is 4.49. The molecule has 2 rings (SSSR count). The minimum atomic E-state index is -0.872. The van der Waals surface area contributed by atoms with Crippen LogP contribution in [0.25, 0.3) is 0 Å². The van der Waals surface area contributed by atoms with Gasteiger partial charge in [-0.3, -0.25) is 19.2 Å². The molecule has 0 aliphatic carbocycles. The van der Waals surface area contributed by atoms with Gasteiger partial charge in [0.2, 0.25) is 0 Å². The van der Waals surface area contributed by atoms with E-state index in [0.717, 1.165) is 4.90 Å². The number of hydrogen-bond donors (Lipinski definition) is 1. The van der Waals surface area contributed by atoms with Gasteiger partial charge < -0.3 is 0 Å². The van der Waals surface area contributed by atoms with E-state index in [1.165, 1.54) is 12.1 Å². The van der Waals surface area contributed by atoms with Crippen molar-refractivity contribution in [2.75, 3.05) is 11.5 Å². The van der Waals surface area contributed by atoms with Gasteiger partial charge in [-0.25, -0.2) is 10.8 Å². The second-order valence-electron chi connectivity index (χ2n) is 3.19. The van der Waals surface area contributed by atoms with Gasteiger partial charge in [0.1, 0.15) is 6.61 Å². The molecule has 16 heavy (non-hydrogen) atoms. The van der Waals surface area contributed by atoms with E-state index in [9.17, 15) is 14.4 Å². The average Bonchev–Trinajstić information content (AvgIpc) is 2.53. The van der Waals surface area contributed by atoms with Gasteiger partial charge in [-0.1, -0.05) is 12.1 Å². The number of nitrogens with two attached hydrogens (primary N) is 1. The monoisotopic (exact) mass is 220 g/mol. The Morgan fingerprint density at radius 1 is 1.31 bits per heavy atom. The minimum absolute atomic E-state index is 0.220. The van der Waals surface area contributed by atoms with Gasteiger partial charge in [-0.2, -0.15) is 0 Å². The lowest BCUT2D eigenvalue weighted by molar-refractivity contribution is -0.127. The quantitative estimate of drug-likeness (QED) is 0.542. The number of amides is 2. The Morgan fingerprint density at radius 3 is 2.69 bits per heavy atom. The highest BCUT2D eigenvalue weighted by atomic mass is 16.6. The fraction of sp³-hybridized carbons (Fsp3) is 0.100. The van der Waals surface area contributed by atoms with Crippen molar-refractivity contribution in [1.82, 2.24) is 0 Å². The molecule has 1 aliphatic heterocycles. The molecule has 0 fully saturated rings. The van der Waals surface area contributed by atoms with Crippen molar-refractivity contribution in [1.29, 1.82) is 0 Å². The molecule has 82 valence electrons. The highest BCUT2D eigenvalue weighted by molar-refractivity contribution is 6.56. The third-order valence-electron chi connectivity index (χ3n) is 2.24. The molecule has 6 nitrogen and oxygen atoms in total.